The van der Waals surface area contributed by atoms with Crippen LogP contribution in [-0.4, -0.2) is 39.2 Å². The quantitative estimate of drug-likeness (QED) is 0.496. The number of phenols is 3. The number of phenolic OH excluding ortho intramolecular Hbond substituents is 3. The van der Waals surface area contributed by atoms with Crippen LogP contribution in [0.15, 0.2) is 46.4 Å². The summed E-state index contributed by atoms with van der Waals surface area (Å²) in [5, 5.41) is 36.3. The van der Waals surface area contributed by atoms with Crippen molar-refractivity contribution in [2.45, 2.75) is 70.1 Å². The van der Waals surface area contributed by atoms with E-state index in [1.54, 1.807) is 5.57 Å². The lowest BCUT2D eigenvalue weighted by atomic mass is 9.83. The van der Waals surface area contributed by atoms with Crippen molar-refractivity contribution in [2.75, 3.05) is 0 Å². The van der Waals surface area contributed by atoms with E-state index in [2.05, 4.69) is 30.3 Å². The van der Waals surface area contributed by atoms with Crippen LogP contribution in [0, 0.1) is 0 Å². The average Bonchev–Trinajstić information content (AvgIpc) is 3.39. The van der Waals surface area contributed by atoms with E-state index in [0.717, 1.165) is 62.6 Å². The number of nitrogens with zero attached hydrogens (tertiary/aromatic N) is 2. The van der Waals surface area contributed by atoms with Gasteiger partial charge in [-0.3, -0.25) is 0 Å². The van der Waals surface area contributed by atoms with Gasteiger partial charge in [-0.2, -0.15) is 0 Å². The Labute approximate surface area is 215 Å². The van der Waals surface area contributed by atoms with Gasteiger partial charge in [-0.1, -0.05) is 48.8 Å². The molecule has 1 fully saturated rings. The first kappa shape index (κ1) is 22.5. The highest BCUT2D eigenvalue weighted by Gasteiger charge is 2.29. The molecule has 6 nitrogen and oxygen atoms in total. The van der Waals surface area contributed by atoms with Crippen LogP contribution in [0.1, 0.15) is 68.1 Å². The smallest absolute Gasteiger partial charge is 0.164 e. The van der Waals surface area contributed by atoms with Gasteiger partial charge >= 0.3 is 0 Å². The minimum absolute atomic E-state index is 0.111. The van der Waals surface area contributed by atoms with Gasteiger partial charge in [-0.15, -0.1) is 0 Å². The lowest BCUT2D eigenvalue weighted by molar-refractivity contribution is 0.000668. The van der Waals surface area contributed by atoms with Crippen LogP contribution in [-0.2, 0) is 11.2 Å². The number of ether oxygens (including phenoxy) is 1. The Morgan fingerprint density at radius 1 is 0.892 bits per heavy atom. The Bertz CT molecular complexity index is 1610. The number of aromatic hydroxyl groups is 3. The Balaban J connectivity index is 1.41. The fourth-order valence-electron chi connectivity index (χ4n) is 6.60. The lowest BCUT2D eigenvalue weighted by Gasteiger charge is -2.26. The molecule has 1 saturated carbocycles. The first-order valence-electron chi connectivity index (χ1n) is 13.4. The summed E-state index contributed by atoms with van der Waals surface area (Å²) < 4.78 is 6.42. The minimum Gasteiger partial charge on any atom is -0.508 e. The summed E-state index contributed by atoms with van der Waals surface area (Å²) in [6, 6.07) is 11.2. The van der Waals surface area contributed by atoms with Crippen LogP contribution in [0.5, 0.6) is 17.2 Å². The normalized spacial score (nSPS) is 21.1. The van der Waals surface area contributed by atoms with Gasteiger partial charge in [0.1, 0.15) is 22.8 Å². The van der Waals surface area contributed by atoms with Crippen molar-refractivity contribution in [2.24, 2.45) is 9.98 Å². The first-order valence-corrected chi connectivity index (χ1v) is 13.4. The Hall–Kier alpha value is -3.64. The molecular weight excluding hydrogens is 464 g/mol. The standard InChI is InChI=1S/C31H30N2O4/c34-20-14-25(35)30(26(36)15-20)31-32-24(16-27(33-31)37-21-6-1-2-7-21)22-12-10-19-9-8-17-4-3-5-18-11-13-23(22)29(19)28(17)18/h5,10-15,21,27,34-36H,1-4,6-9,16H2. The van der Waals surface area contributed by atoms with Crippen molar-refractivity contribution in [3.8, 4) is 17.2 Å². The third-order valence-electron chi connectivity index (χ3n) is 8.30. The van der Waals surface area contributed by atoms with Gasteiger partial charge in [0.25, 0.3) is 0 Å². The van der Waals surface area contributed by atoms with Crippen LogP contribution in [0.2, 0.25) is 0 Å². The fraction of sp³-hybridized carbons (Fsp3) is 0.355. The number of rotatable bonds is 4. The minimum atomic E-state index is -0.464. The molecule has 0 aromatic heterocycles. The SMILES string of the molecule is Oc1cc(O)c(C2=NC(OC3CCCC3)CC(c3ccc4c5c6c(ccc35)=CCCC=6CC4)=N2)c(O)c1. The van der Waals surface area contributed by atoms with E-state index in [1.165, 1.54) is 38.9 Å². The van der Waals surface area contributed by atoms with E-state index in [1.807, 2.05) is 0 Å². The van der Waals surface area contributed by atoms with Crippen LogP contribution in [0.4, 0.5) is 0 Å². The molecule has 1 heterocycles. The maximum Gasteiger partial charge on any atom is 0.164 e. The van der Waals surface area contributed by atoms with Gasteiger partial charge in [0, 0.05) is 24.1 Å². The molecule has 6 heteroatoms. The van der Waals surface area contributed by atoms with Gasteiger partial charge in [0.15, 0.2) is 12.1 Å². The molecule has 0 radical (unpaired) electrons. The monoisotopic (exact) mass is 494 g/mol. The molecule has 1 atom stereocenters. The molecule has 188 valence electrons. The fourth-order valence-corrected chi connectivity index (χ4v) is 6.60. The highest BCUT2D eigenvalue weighted by Crippen LogP contribution is 2.36. The summed E-state index contributed by atoms with van der Waals surface area (Å²) in [7, 11) is 0. The zero-order valence-corrected chi connectivity index (χ0v) is 20.7. The van der Waals surface area contributed by atoms with Crippen molar-refractivity contribution < 1.29 is 20.1 Å². The van der Waals surface area contributed by atoms with Crippen molar-refractivity contribution >= 4 is 34.0 Å². The highest BCUT2D eigenvalue weighted by molar-refractivity contribution is 6.20. The predicted octanol–water partition coefficient (Wildman–Crippen LogP) is 4.55. The number of aryl methyl sites for hydroxylation is 1. The molecule has 3 N–H and O–H groups in total. The molecule has 0 saturated heterocycles. The first-order chi connectivity index (χ1) is 18.0. The lowest BCUT2D eigenvalue weighted by Crippen LogP contribution is -2.33. The van der Waals surface area contributed by atoms with E-state index in [-0.39, 0.29) is 34.8 Å². The van der Waals surface area contributed by atoms with Crippen LogP contribution < -0.4 is 10.4 Å². The summed E-state index contributed by atoms with van der Waals surface area (Å²) in [6.07, 6.45) is 11.3. The van der Waals surface area contributed by atoms with Gasteiger partial charge in [-0.25, -0.2) is 9.98 Å². The van der Waals surface area contributed by atoms with E-state index in [4.69, 9.17) is 14.7 Å². The largest absolute Gasteiger partial charge is 0.508 e. The third-order valence-corrected chi connectivity index (χ3v) is 8.30. The Morgan fingerprint density at radius 2 is 1.70 bits per heavy atom. The van der Waals surface area contributed by atoms with E-state index in [9.17, 15) is 15.3 Å². The summed E-state index contributed by atoms with van der Waals surface area (Å²) in [4.78, 5) is 9.63. The summed E-state index contributed by atoms with van der Waals surface area (Å²) in [5.41, 5.74) is 4.92. The third kappa shape index (κ3) is 3.82. The topological polar surface area (TPSA) is 94.6 Å². The number of hydrogen-bond donors (Lipinski definition) is 3. The van der Waals surface area contributed by atoms with Crippen molar-refractivity contribution in [3.63, 3.8) is 0 Å². The van der Waals surface area contributed by atoms with Gasteiger partial charge < -0.3 is 20.1 Å². The predicted molar refractivity (Wildman–Crippen MR) is 145 cm³/mol. The molecule has 1 aliphatic heterocycles. The van der Waals surface area contributed by atoms with Crippen LogP contribution in [0.3, 0.4) is 0 Å². The number of aliphatic imine (C=N–C) groups is 2. The van der Waals surface area contributed by atoms with Gasteiger partial charge in [0.05, 0.1) is 11.8 Å². The van der Waals surface area contributed by atoms with Crippen molar-refractivity contribution in [1.82, 2.24) is 0 Å². The number of hydrogen-bond acceptors (Lipinski definition) is 6. The summed E-state index contributed by atoms with van der Waals surface area (Å²) in [6.45, 7) is 0. The molecule has 0 bridgehead atoms. The Morgan fingerprint density at radius 3 is 2.51 bits per heavy atom. The Kier molecular flexibility index (Phi) is 5.32. The van der Waals surface area contributed by atoms with E-state index in [0.29, 0.717) is 6.42 Å². The van der Waals surface area contributed by atoms with Crippen molar-refractivity contribution in [1.29, 1.82) is 0 Å². The molecule has 37 heavy (non-hydrogen) atoms. The second-order valence-corrected chi connectivity index (χ2v) is 10.6. The van der Waals surface area contributed by atoms with Crippen molar-refractivity contribution in [3.05, 3.63) is 63.5 Å². The molecule has 0 spiro atoms. The van der Waals surface area contributed by atoms with Crippen LogP contribution in [0.25, 0.3) is 22.4 Å². The maximum absolute atomic E-state index is 10.6. The van der Waals surface area contributed by atoms with Crippen LogP contribution >= 0.6 is 0 Å². The van der Waals surface area contributed by atoms with E-state index >= 15 is 0 Å². The molecule has 1 unspecified atom stereocenters. The summed E-state index contributed by atoms with van der Waals surface area (Å²) >= 11 is 0. The molecule has 3 aromatic rings. The van der Waals surface area contributed by atoms with Gasteiger partial charge in [-0.05, 0) is 65.3 Å². The average molecular weight is 495 g/mol. The summed E-state index contributed by atoms with van der Waals surface area (Å²) in [5.74, 6) is -0.524. The molecule has 0 amide bonds. The second kappa shape index (κ2) is 8.73. The second-order valence-electron chi connectivity index (χ2n) is 10.6. The number of amidine groups is 1. The zero-order valence-electron chi connectivity index (χ0n) is 20.7. The molecule has 7 rings (SSSR count). The number of benzene rings is 3. The molecular formula is C31H30N2O4. The van der Waals surface area contributed by atoms with Gasteiger partial charge in [0.2, 0.25) is 0 Å². The molecule has 3 aromatic carbocycles. The molecule has 4 aliphatic rings. The zero-order chi connectivity index (χ0) is 25.1. The van der Waals surface area contributed by atoms with E-state index < -0.39 is 6.23 Å². The maximum atomic E-state index is 10.6. The molecule has 3 aliphatic carbocycles. The highest BCUT2D eigenvalue weighted by atomic mass is 16.5.